The number of piperazine rings is 1. The van der Waals surface area contributed by atoms with E-state index in [1.807, 2.05) is 55.5 Å². The van der Waals surface area contributed by atoms with Crippen molar-refractivity contribution in [2.45, 2.75) is 32.1 Å². The first-order chi connectivity index (χ1) is 17.8. The molecule has 0 unspecified atom stereocenters. The van der Waals surface area contributed by atoms with Crippen LogP contribution >= 0.6 is 0 Å². The van der Waals surface area contributed by atoms with Gasteiger partial charge in [0, 0.05) is 31.9 Å². The molecule has 3 heterocycles. The SMILES string of the molecule is CC1=NN(c2ccccc2)C(=O)[C@@]12Cc1cc(C(F)(F)F)ccc1N1CCN(Cc3ccccc3)C[C@@H]12. The number of hydrogen-bond donors (Lipinski definition) is 0. The van der Waals surface area contributed by atoms with Gasteiger partial charge < -0.3 is 4.90 Å². The van der Waals surface area contributed by atoms with Gasteiger partial charge in [-0.15, -0.1) is 0 Å². The highest BCUT2D eigenvalue weighted by molar-refractivity contribution is 6.20. The molecular formula is C29H27F3N4O. The number of nitrogens with zero attached hydrogens (tertiary/aromatic N) is 4. The maximum Gasteiger partial charge on any atom is 0.416 e. The fraction of sp³-hybridized carbons (Fsp3) is 0.310. The fourth-order valence-corrected chi connectivity index (χ4v) is 6.10. The van der Waals surface area contributed by atoms with Crippen molar-refractivity contribution in [3.8, 4) is 0 Å². The Bertz CT molecular complexity index is 1360. The maximum atomic E-state index is 14.2. The molecule has 3 aromatic carbocycles. The van der Waals surface area contributed by atoms with E-state index in [0.29, 0.717) is 30.1 Å². The molecule has 0 saturated carbocycles. The summed E-state index contributed by atoms with van der Waals surface area (Å²) in [7, 11) is 0. The number of rotatable bonds is 3. The van der Waals surface area contributed by atoms with Crippen LogP contribution in [0.3, 0.4) is 0 Å². The molecule has 5 nitrogen and oxygen atoms in total. The molecule has 3 aromatic rings. The third-order valence-corrected chi connectivity index (χ3v) is 7.94. The van der Waals surface area contributed by atoms with E-state index in [9.17, 15) is 18.0 Å². The lowest BCUT2D eigenvalue weighted by atomic mass is 9.67. The summed E-state index contributed by atoms with van der Waals surface area (Å²) in [5.41, 5.74) is 2.06. The van der Waals surface area contributed by atoms with Crippen LogP contribution in [0.2, 0.25) is 0 Å². The minimum atomic E-state index is -4.45. The Morgan fingerprint density at radius 2 is 1.68 bits per heavy atom. The van der Waals surface area contributed by atoms with Crippen LogP contribution in [0.15, 0.2) is 84.0 Å². The first kappa shape index (κ1) is 23.7. The summed E-state index contributed by atoms with van der Waals surface area (Å²) in [6, 6.07) is 23.1. The zero-order valence-electron chi connectivity index (χ0n) is 20.4. The van der Waals surface area contributed by atoms with E-state index in [0.717, 1.165) is 24.8 Å². The molecule has 1 amide bonds. The average molecular weight is 505 g/mol. The molecule has 0 aliphatic carbocycles. The van der Waals surface area contributed by atoms with Crippen LogP contribution in [-0.4, -0.2) is 42.2 Å². The van der Waals surface area contributed by atoms with E-state index in [1.54, 1.807) is 6.07 Å². The van der Waals surface area contributed by atoms with Crippen LogP contribution in [-0.2, 0) is 23.9 Å². The van der Waals surface area contributed by atoms with Gasteiger partial charge in [0.2, 0.25) is 0 Å². The number of anilines is 2. The minimum Gasteiger partial charge on any atom is -0.364 e. The fourth-order valence-electron chi connectivity index (χ4n) is 6.10. The second-order valence-corrected chi connectivity index (χ2v) is 10.1. The molecule has 0 aromatic heterocycles. The number of alkyl halides is 3. The molecule has 0 bridgehead atoms. The second kappa shape index (κ2) is 8.73. The van der Waals surface area contributed by atoms with Gasteiger partial charge in [0.15, 0.2) is 0 Å². The van der Waals surface area contributed by atoms with Crippen molar-refractivity contribution in [2.24, 2.45) is 10.5 Å². The van der Waals surface area contributed by atoms with Crippen molar-refractivity contribution in [3.63, 3.8) is 0 Å². The van der Waals surface area contributed by atoms with E-state index in [-0.39, 0.29) is 18.4 Å². The molecule has 3 aliphatic heterocycles. The monoisotopic (exact) mass is 504 g/mol. The molecule has 1 saturated heterocycles. The first-order valence-corrected chi connectivity index (χ1v) is 12.5. The Morgan fingerprint density at radius 1 is 0.973 bits per heavy atom. The highest BCUT2D eigenvalue weighted by Crippen LogP contribution is 2.49. The number of amides is 1. The summed E-state index contributed by atoms with van der Waals surface area (Å²) in [5, 5.41) is 6.13. The van der Waals surface area contributed by atoms with E-state index in [2.05, 4.69) is 21.9 Å². The Morgan fingerprint density at radius 3 is 2.38 bits per heavy atom. The third kappa shape index (κ3) is 3.91. The standard InChI is InChI=1S/C29H27F3N4O/c1-20-28(27(37)36(33-20)24-10-6-3-7-11-24)17-22-16-23(29(30,31)32)12-13-25(22)35-15-14-34(19-26(28)35)18-21-8-4-2-5-9-21/h2-13,16,26H,14-15,17-19H2,1H3/t26-,28+/m1/s1. The zero-order valence-corrected chi connectivity index (χ0v) is 20.4. The quantitative estimate of drug-likeness (QED) is 0.482. The molecule has 8 heteroatoms. The molecular weight excluding hydrogens is 477 g/mol. The van der Waals surface area contributed by atoms with E-state index >= 15 is 0 Å². The lowest BCUT2D eigenvalue weighted by Gasteiger charge is -2.53. The zero-order chi connectivity index (χ0) is 25.8. The van der Waals surface area contributed by atoms with Crippen molar-refractivity contribution in [1.29, 1.82) is 0 Å². The summed E-state index contributed by atoms with van der Waals surface area (Å²) < 4.78 is 40.9. The van der Waals surface area contributed by atoms with Crippen LogP contribution < -0.4 is 9.91 Å². The lowest BCUT2D eigenvalue weighted by molar-refractivity contribution is -0.137. The van der Waals surface area contributed by atoms with Crippen LogP contribution in [0.4, 0.5) is 24.5 Å². The number of carbonyl (C=O) groups excluding carboxylic acids is 1. The molecule has 0 N–H and O–H groups in total. The van der Waals surface area contributed by atoms with Gasteiger partial charge in [0.25, 0.3) is 5.91 Å². The summed E-state index contributed by atoms with van der Waals surface area (Å²) >= 11 is 0. The van der Waals surface area contributed by atoms with Gasteiger partial charge in [-0.05, 0) is 54.8 Å². The summed E-state index contributed by atoms with van der Waals surface area (Å²) in [4.78, 5) is 18.7. The summed E-state index contributed by atoms with van der Waals surface area (Å²) in [5.74, 6) is -0.184. The molecule has 37 heavy (non-hydrogen) atoms. The molecule has 1 spiro atoms. The van der Waals surface area contributed by atoms with Gasteiger partial charge in [-0.2, -0.15) is 23.3 Å². The van der Waals surface area contributed by atoms with Gasteiger partial charge in [-0.1, -0.05) is 48.5 Å². The topological polar surface area (TPSA) is 39.2 Å². The van der Waals surface area contributed by atoms with Crippen molar-refractivity contribution in [3.05, 3.63) is 95.6 Å². The number of carbonyl (C=O) groups is 1. The van der Waals surface area contributed by atoms with Crippen molar-refractivity contribution >= 4 is 23.0 Å². The largest absolute Gasteiger partial charge is 0.416 e. The Kier molecular flexibility index (Phi) is 5.60. The molecule has 3 aliphatic rings. The normalized spacial score (nSPS) is 23.7. The van der Waals surface area contributed by atoms with Gasteiger partial charge >= 0.3 is 6.18 Å². The maximum absolute atomic E-state index is 14.2. The Hall–Kier alpha value is -3.65. The van der Waals surface area contributed by atoms with Gasteiger partial charge in [0.1, 0.15) is 5.41 Å². The minimum absolute atomic E-state index is 0.184. The molecule has 2 atom stereocenters. The summed E-state index contributed by atoms with van der Waals surface area (Å²) in [6.45, 7) is 4.55. The van der Waals surface area contributed by atoms with Crippen molar-refractivity contribution < 1.29 is 18.0 Å². The van der Waals surface area contributed by atoms with Gasteiger partial charge in [-0.25, -0.2) is 0 Å². The first-order valence-electron chi connectivity index (χ1n) is 12.5. The van der Waals surface area contributed by atoms with Gasteiger partial charge in [0.05, 0.1) is 23.0 Å². The number of halogens is 3. The predicted octanol–water partition coefficient (Wildman–Crippen LogP) is 5.36. The average Bonchev–Trinajstić information content (AvgIpc) is 3.14. The molecule has 1 fully saturated rings. The lowest BCUT2D eigenvalue weighted by Crippen LogP contribution is -2.66. The second-order valence-electron chi connectivity index (χ2n) is 10.1. The van der Waals surface area contributed by atoms with Crippen LogP contribution in [0.25, 0.3) is 0 Å². The number of hydrogen-bond acceptors (Lipinski definition) is 4. The van der Waals surface area contributed by atoms with Crippen molar-refractivity contribution in [1.82, 2.24) is 4.90 Å². The Balaban J connectivity index is 1.43. The molecule has 6 rings (SSSR count). The van der Waals surface area contributed by atoms with Crippen LogP contribution in [0.5, 0.6) is 0 Å². The number of hydrazone groups is 1. The number of fused-ring (bicyclic) bond motifs is 4. The number of benzene rings is 3. The summed E-state index contributed by atoms with van der Waals surface area (Å²) in [6.07, 6.45) is -4.27. The molecule has 190 valence electrons. The molecule has 0 radical (unpaired) electrons. The smallest absolute Gasteiger partial charge is 0.364 e. The van der Waals surface area contributed by atoms with E-state index in [1.165, 1.54) is 16.6 Å². The van der Waals surface area contributed by atoms with Crippen molar-refractivity contribution in [2.75, 3.05) is 29.5 Å². The third-order valence-electron chi connectivity index (χ3n) is 7.94. The predicted molar refractivity (Wildman–Crippen MR) is 137 cm³/mol. The highest BCUT2D eigenvalue weighted by atomic mass is 19.4. The Labute approximate surface area is 213 Å². The van der Waals surface area contributed by atoms with E-state index in [4.69, 9.17) is 5.10 Å². The highest BCUT2D eigenvalue weighted by Gasteiger charge is 2.60. The van der Waals surface area contributed by atoms with Gasteiger partial charge in [-0.3, -0.25) is 9.69 Å². The van der Waals surface area contributed by atoms with E-state index < -0.39 is 17.2 Å². The van der Waals surface area contributed by atoms with Crippen LogP contribution in [0.1, 0.15) is 23.6 Å². The van der Waals surface area contributed by atoms with Crippen LogP contribution in [0, 0.1) is 5.41 Å². The number of para-hydroxylation sites is 1.